The van der Waals surface area contributed by atoms with Crippen molar-refractivity contribution >= 4 is 11.8 Å². The molecule has 5 heteroatoms. The first-order valence-electron chi connectivity index (χ1n) is 6.11. The molecule has 0 atom stereocenters. The number of carbonyl (C=O) groups excluding carboxylic acids is 1. The van der Waals surface area contributed by atoms with Gasteiger partial charge in [-0.25, -0.2) is 0 Å². The molecule has 1 N–H and O–H groups in total. The number of nitrogens with one attached hydrogen (secondary N) is 1. The normalized spacial score (nSPS) is 10.4. The number of carbonyl (C=O) groups is 1. The molecule has 3 aromatic rings. The van der Waals surface area contributed by atoms with Crippen LogP contribution in [-0.4, -0.2) is 11.1 Å². The first kappa shape index (κ1) is 12.2. The van der Waals surface area contributed by atoms with Gasteiger partial charge in [-0.2, -0.15) is 0 Å². The molecule has 100 valence electrons. The largest absolute Gasteiger partial charge is 0.463 e. The summed E-state index contributed by atoms with van der Waals surface area (Å²) in [6, 6.07) is 12.5. The van der Waals surface area contributed by atoms with Crippen molar-refractivity contribution in [2.24, 2.45) is 0 Å². The standard InChI is InChI=1S/C15H12N2O3/c1-10-4-2-5-11(8-10)15(18)16-14-9-12(17-20-14)13-6-3-7-19-13/h2-9H,1H3,(H,16,18). The van der Waals surface area contributed by atoms with Gasteiger partial charge in [-0.15, -0.1) is 0 Å². The molecule has 20 heavy (non-hydrogen) atoms. The van der Waals surface area contributed by atoms with E-state index in [1.54, 1.807) is 36.6 Å². The molecule has 0 saturated carbocycles. The smallest absolute Gasteiger partial charge is 0.258 e. The number of rotatable bonds is 3. The molecule has 1 amide bonds. The van der Waals surface area contributed by atoms with Gasteiger partial charge in [0.1, 0.15) is 0 Å². The second-order valence-corrected chi connectivity index (χ2v) is 4.38. The molecule has 0 aliphatic heterocycles. The van der Waals surface area contributed by atoms with E-state index in [9.17, 15) is 4.79 Å². The van der Waals surface area contributed by atoms with Crippen LogP contribution in [-0.2, 0) is 0 Å². The lowest BCUT2D eigenvalue weighted by Gasteiger charge is -2.01. The minimum atomic E-state index is -0.240. The number of aryl methyl sites for hydroxylation is 1. The van der Waals surface area contributed by atoms with Crippen molar-refractivity contribution in [1.82, 2.24) is 5.16 Å². The van der Waals surface area contributed by atoms with Gasteiger partial charge in [-0.1, -0.05) is 22.9 Å². The molecule has 2 heterocycles. The summed E-state index contributed by atoms with van der Waals surface area (Å²) >= 11 is 0. The third kappa shape index (κ3) is 2.47. The Morgan fingerprint density at radius 3 is 2.85 bits per heavy atom. The predicted octanol–water partition coefficient (Wildman–Crippen LogP) is 3.50. The van der Waals surface area contributed by atoms with Gasteiger partial charge in [0.25, 0.3) is 5.91 Å². The van der Waals surface area contributed by atoms with Gasteiger partial charge in [0, 0.05) is 11.6 Å². The number of furan rings is 1. The van der Waals surface area contributed by atoms with E-state index in [2.05, 4.69) is 10.5 Å². The number of hydrogen-bond donors (Lipinski definition) is 1. The third-order valence-electron chi connectivity index (χ3n) is 2.80. The summed E-state index contributed by atoms with van der Waals surface area (Å²) in [7, 11) is 0. The van der Waals surface area contributed by atoms with Crippen LogP contribution in [0.2, 0.25) is 0 Å². The lowest BCUT2D eigenvalue weighted by molar-refractivity contribution is 0.102. The zero-order chi connectivity index (χ0) is 13.9. The minimum absolute atomic E-state index is 0.240. The quantitative estimate of drug-likeness (QED) is 0.789. The first-order valence-corrected chi connectivity index (χ1v) is 6.11. The Balaban J connectivity index is 1.77. The van der Waals surface area contributed by atoms with Crippen LogP contribution >= 0.6 is 0 Å². The third-order valence-corrected chi connectivity index (χ3v) is 2.80. The molecule has 2 aromatic heterocycles. The van der Waals surface area contributed by atoms with E-state index in [0.29, 0.717) is 17.0 Å². The number of nitrogens with zero attached hydrogens (tertiary/aromatic N) is 1. The number of anilines is 1. The number of benzene rings is 1. The zero-order valence-corrected chi connectivity index (χ0v) is 10.8. The van der Waals surface area contributed by atoms with Gasteiger partial charge in [0.05, 0.1) is 6.26 Å². The molecular weight excluding hydrogens is 256 g/mol. The van der Waals surface area contributed by atoms with Gasteiger partial charge in [0.2, 0.25) is 5.88 Å². The number of hydrogen-bond acceptors (Lipinski definition) is 4. The fraction of sp³-hybridized carbons (Fsp3) is 0.0667. The van der Waals surface area contributed by atoms with E-state index in [1.807, 2.05) is 19.1 Å². The molecule has 0 fully saturated rings. The van der Waals surface area contributed by atoms with Crippen molar-refractivity contribution in [2.75, 3.05) is 5.32 Å². The monoisotopic (exact) mass is 268 g/mol. The van der Waals surface area contributed by atoms with Crippen LogP contribution in [0.1, 0.15) is 15.9 Å². The summed E-state index contributed by atoms with van der Waals surface area (Å²) in [6.45, 7) is 1.93. The Bertz CT molecular complexity index is 729. The van der Waals surface area contributed by atoms with Crippen LogP contribution in [0.3, 0.4) is 0 Å². The minimum Gasteiger partial charge on any atom is -0.463 e. The molecule has 0 saturated heterocycles. The van der Waals surface area contributed by atoms with Crippen molar-refractivity contribution in [3.63, 3.8) is 0 Å². The Kier molecular flexibility index (Phi) is 3.09. The predicted molar refractivity (Wildman–Crippen MR) is 73.3 cm³/mol. The first-order chi connectivity index (χ1) is 9.72. The van der Waals surface area contributed by atoms with Crippen molar-refractivity contribution in [2.45, 2.75) is 6.92 Å². The highest BCUT2D eigenvalue weighted by Crippen LogP contribution is 2.22. The van der Waals surface area contributed by atoms with Gasteiger partial charge in [0.15, 0.2) is 11.5 Å². The van der Waals surface area contributed by atoms with Crippen molar-refractivity contribution < 1.29 is 13.7 Å². The molecule has 3 rings (SSSR count). The molecule has 0 aliphatic carbocycles. The lowest BCUT2D eigenvalue weighted by atomic mass is 10.1. The molecular formula is C15H12N2O3. The Morgan fingerprint density at radius 1 is 1.20 bits per heavy atom. The van der Waals surface area contributed by atoms with Crippen LogP contribution in [0.4, 0.5) is 5.88 Å². The van der Waals surface area contributed by atoms with Crippen molar-refractivity contribution in [3.8, 4) is 11.5 Å². The van der Waals surface area contributed by atoms with Crippen LogP contribution in [0, 0.1) is 6.92 Å². The second kappa shape index (κ2) is 5.05. The average Bonchev–Trinajstić information content (AvgIpc) is 3.08. The highest BCUT2D eigenvalue weighted by atomic mass is 16.5. The molecule has 0 aliphatic rings. The molecule has 0 radical (unpaired) electrons. The second-order valence-electron chi connectivity index (χ2n) is 4.38. The summed E-state index contributed by atoms with van der Waals surface area (Å²) in [4.78, 5) is 12.0. The van der Waals surface area contributed by atoms with Gasteiger partial charge in [-0.3, -0.25) is 10.1 Å². The van der Waals surface area contributed by atoms with Gasteiger partial charge in [-0.05, 0) is 31.2 Å². The van der Waals surface area contributed by atoms with E-state index in [0.717, 1.165) is 5.56 Å². The Morgan fingerprint density at radius 2 is 2.10 bits per heavy atom. The van der Waals surface area contributed by atoms with Gasteiger partial charge < -0.3 is 8.94 Å². The van der Waals surface area contributed by atoms with Crippen LogP contribution in [0.5, 0.6) is 0 Å². The number of aromatic nitrogens is 1. The SMILES string of the molecule is Cc1cccc(C(=O)Nc2cc(-c3ccco3)no2)c1. The summed E-state index contributed by atoms with van der Waals surface area (Å²) < 4.78 is 10.3. The summed E-state index contributed by atoms with van der Waals surface area (Å²) in [5, 5.41) is 6.50. The van der Waals surface area contributed by atoms with Crippen LogP contribution < -0.4 is 5.32 Å². The molecule has 0 unspecified atom stereocenters. The van der Waals surface area contributed by atoms with E-state index in [-0.39, 0.29) is 11.8 Å². The summed E-state index contributed by atoms with van der Waals surface area (Å²) in [5.41, 5.74) is 2.13. The molecule has 0 spiro atoms. The number of amides is 1. The maximum atomic E-state index is 12.0. The fourth-order valence-corrected chi connectivity index (χ4v) is 1.84. The summed E-state index contributed by atoms with van der Waals surface area (Å²) in [6.07, 6.45) is 1.55. The summed E-state index contributed by atoms with van der Waals surface area (Å²) in [5.74, 6) is 0.628. The lowest BCUT2D eigenvalue weighted by Crippen LogP contribution is -2.11. The van der Waals surface area contributed by atoms with E-state index < -0.39 is 0 Å². The maximum absolute atomic E-state index is 12.0. The zero-order valence-electron chi connectivity index (χ0n) is 10.8. The topological polar surface area (TPSA) is 68.3 Å². The van der Waals surface area contributed by atoms with E-state index in [4.69, 9.17) is 8.94 Å². The van der Waals surface area contributed by atoms with Crippen LogP contribution in [0.25, 0.3) is 11.5 Å². The highest BCUT2D eigenvalue weighted by molar-refractivity contribution is 6.03. The van der Waals surface area contributed by atoms with Crippen LogP contribution in [0.15, 0.2) is 57.7 Å². The average molecular weight is 268 g/mol. The maximum Gasteiger partial charge on any atom is 0.258 e. The van der Waals surface area contributed by atoms with E-state index in [1.165, 1.54) is 0 Å². The van der Waals surface area contributed by atoms with Gasteiger partial charge >= 0.3 is 0 Å². The molecule has 5 nitrogen and oxygen atoms in total. The van der Waals surface area contributed by atoms with E-state index >= 15 is 0 Å². The van der Waals surface area contributed by atoms with Crippen molar-refractivity contribution in [1.29, 1.82) is 0 Å². The highest BCUT2D eigenvalue weighted by Gasteiger charge is 2.12. The Hall–Kier alpha value is -2.82. The molecule has 0 bridgehead atoms. The molecule has 1 aromatic carbocycles. The fourth-order valence-electron chi connectivity index (χ4n) is 1.84. The van der Waals surface area contributed by atoms with Crippen molar-refractivity contribution in [3.05, 3.63) is 59.9 Å². The Labute approximate surface area is 115 Å².